The van der Waals surface area contributed by atoms with Crippen molar-refractivity contribution in [1.29, 1.82) is 0 Å². The van der Waals surface area contributed by atoms with Gasteiger partial charge in [-0.3, -0.25) is 5.43 Å². The first-order valence-electron chi connectivity index (χ1n) is 5.44. The highest BCUT2D eigenvalue weighted by atomic mass is 16.3. The maximum absolute atomic E-state index is 10.5. The molecule has 0 spiro atoms. The van der Waals surface area contributed by atoms with Crippen LogP contribution in [-0.4, -0.2) is 16.4 Å². The molecule has 0 saturated carbocycles. The first-order valence-corrected chi connectivity index (χ1v) is 5.44. The van der Waals surface area contributed by atoms with Crippen LogP contribution in [0.25, 0.3) is 0 Å². The van der Waals surface area contributed by atoms with Gasteiger partial charge in [0.1, 0.15) is 5.69 Å². The number of anilines is 1. The van der Waals surface area contributed by atoms with Crippen LogP contribution in [0.4, 0.5) is 11.4 Å². The van der Waals surface area contributed by atoms with Crippen LogP contribution in [0.2, 0.25) is 0 Å². The van der Waals surface area contributed by atoms with E-state index in [0.717, 1.165) is 0 Å². The van der Waals surface area contributed by atoms with Crippen LogP contribution in [0.1, 0.15) is 5.56 Å². The number of phenols is 2. The summed E-state index contributed by atoms with van der Waals surface area (Å²) >= 11 is 0. The van der Waals surface area contributed by atoms with E-state index in [1.54, 1.807) is 30.3 Å². The van der Waals surface area contributed by atoms with Crippen LogP contribution in [0, 0.1) is 4.91 Å². The summed E-state index contributed by atoms with van der Waals surface area (Å²) in [5.74, 6) is -0.417. The Bertz CT molecular complexity index is 626. The second-order valence-corrected chi connectivity index (χ2v) is 3.73. The standard InChI is InChI=1S/C13H11N3O3/c17-12-6-5-9(7-13(12)18)8-14-15-10-3-1-2-4-11(10)16-19/h1-8,15,17-18H/b14-8+. The normalized spacial score (nSPS) is 10.5. The molecule has 0 radical (unpaired) electrons. The minimum atomic E-state index is -0.223. The Morgan fingerprint density at radius 1 is 1.05 bits per heavy atom. The minimum Gasteiger partial charge on any atom is -0.504 e. The average molecular weight is 257 g/mol. The third-order valence-corrected chi connectivity index (χ3v) is 2.40. The van der Waals surface area contributed by atoms with Gasteiger partial charge in [0.25, 0.3) is 0 Å². The molecule has 0 fully saturated rings. The number of hydrogen-bond acceptors (Lipinski definition) is 6. The zero-order valence-corrected chi connectivity index (χ0v) is 9.82. The molecule has 0 amide bonds. The number of para-hydroxylation sites is 1. The summed E-state index contributed by atoms with van der Waals surface area (Å²) in [6.07, 6.45) is 1.45. The summed E-state index contributed by atoms with van der Waals surface area (Å²) in [5.41, 5.74) is 4.02. The molecule has 96 valence electrons. The number of aromatic hydroxyl groups is 2. The Hall–Kier alpha value is -2.89. The van der Waals surface area contributed by atoms with Gasteiger partial charge in [-0.25, -0.2) is 0 Å². The van der Waals surface area contributed by atoms with E-state index in [1.807, 2.05) is 0 Å². The van der Waals surface area contributed by atoms with E-state index in [9.17, 15) is 10.0 Å². The minimum absolute atomic E-state index is 0.194. The van der Waals surface area contributed by atoms with Crippen LogP contribution in [0.3, 0.4) is 0 Å². The van der Waals surface area contributed by atoms with Gasteiger partial charge in [0.15, 0.2) is 11.5 Å². The van der Waals surface area contributed by atoms with E-state index in [0.29, 0.717) is 11.3 Å². The largest absolute Gasteiger partial charge is 0.504 e. The van der Waals surface area contributed by atoms with Gasteiger partial charge in [0, 0.05) is 0 Å². The smallest absolute Gasteiger partial charge is 0.158 e. The van der Waals surface area contributed by atoms with Crippen molar-refractivity contribution in [3.05, 3.63) is 52.9 Å². The maximum Gasteiger partial charge on any atom is 0.158 e. The first-order chi connectivity index (χ1) is 9.20. The van der Waals surface area contributed by atoms with Gasteiger partial charge in [-0.05, 0) is 41.1 Å². The second-order valence-electron chi connectivity index (χ2n) is 3.73. The third kappa shape index (κ3) is 3.06. The number of benzene rings is 2. The van der Waals surface area contributed by atoms with Crippen molar-refractivity contribution >= 4 is 17.6 Å². The van der Waals surface area contributed by atoms with Crippen LogP contribution >= 0.6 is 0 Å². The molecule has 0 aromatic heterocycles. The van der Waals surface area contributed by atoms with Gasteiger partial charge in [-0.1, -0.05) is 12.1 Å². The predicted octanol–water partition coefficient (Wildman–Crippen LogP) is 2.94. The number of rotatable bonds is 4. The van der Waals surface area contributed by atoms with Crippen molar-refractivity contribution in [3.8, 4) is 11.5 Å². The van der Waals surface area contributed by atoms with E-state index >= 15 is 0 Å². The lowest BCUT2D eigenvalue weighted by molar-refractivity contribution is 0.403. The van der Waals surface area contributed by atoms with Gasteiger partial charge in [0.05, 0.1) is 11.9 Å². The van der Waals surface area contributed by atoms with Gasteiger partial charge in [0.2, 0.25) is 0 Å². The predicted molar refractivity (Wildman–Crippen MR) is 72.9 cm³/mol. The van der Waals surface area contributed by atoms with E-state index in [2.05, 4.69) is 15.7 Å². The van der Waals surface area contributed by atoms with Crippen molar-refractivity contribution in [3.63, 3.8) is 0 Å². The van der Waals surface area contributed by atoms with Crippen molar-refractivity contribution in [1.82, 2.24) is 0 Å². The van der Waals surface area contributed by atoms with Crippen LogP contribution in [0.5, 0.6) is 11.5 Å². The Morgan fingerprint density at radius 3 is 2.58 bits per heavy atom. The van der Waals surface area contributed by atoms with Crippen LogP contribution in [-0.2, 0) is 0 Å². The number of hydrazone groups is 1. The molecule has 0 saturated heterocycles. The second kappa shape index (κ2) is 5.63. The zero-order chi connectivity index (χ0) is 13.7. The molecule has 2 rings (SSSR count). The Kier molecular flexibility index (Phi) is 3.72. The Balaban J connectivity index is 2.11. The lowest BCUT2D eigenvalue weighted by atomic mass is 10.2. The zero-order valence-electron chi connectivity index (χ0n) is 9.82. The van der Waals surface area contributed by atoms with Gasteiger partial charge in [-0.2, -0.15) is 5.10 Å². The molecule has 0 aliphatic heterocycles. The number of nitroso groups, excluding NO2 is 1. The number of phenolic OH excluding ortho intramolecular Hbond substituents is 2. The fraction of sp³-hybridized carbons (Fsp3) is 0. The average Bonchev–Trinajstić information content (AvgIpc) is 2.43. The summed E-state index contributed by atoms with van der Waals surface area (Å²) < 4.78 is 0. The third-order valence-electron chi connectivity index (χ3n) is 2.40. The van der Waals surface area contributed by atoms with Crippen molar-refractivity contribution in [2.45, 2.75) is 0 Å². The van der Waals surface area contributed by atoms with Gasteiger partial charge in [-0.15, -0.1) is 4.91 Å². The molecular weight excluding hydrogens is 246 g/mol. The first kappa shape index (κ1) is 12.6. The Labute approximate surface area is 109 Å². The molecule has 0 unspecified atom stereocenters. The molecule has 19 heavy (non-hydrogen) atoms. The van der Waals surface area contributed by atoms with Crippen molar-refractivity contribution < 1.29 is 10.2 Å². The molecular formula is C13H11N3O3. The summed E-state index contributed by atoms with van der Waals surface area (Å²) in [6.45, 7) is 0. The van der Waals surface area contributed by atoms with E-state index in [-0.39, 0.29) is 17.2 Å². The van der Waals surface area contributed by atoms with Crippen molar-refractivity contribution in [2.75, 3.05) is 5.43 Å². The number of hydrogen-bond donors (Lipinski definition) is 3. The number of nitrogens with one attached hydrogen (secondary N) is 1. The van der Waals surface area contributed by atoms with E-state index < -0.39 is 0 Å². The number of nitrogens with zero attached hydrogens (tertiary/aromatic N) is 2. The lowest BCUT2D eigenvalue weighted by Gasteiger charge is -2.02. The van der Waals surface area contributed by atoms with E-state index in [4.69, 9.17) is 5.11 Å². The molecule has 3 N–H and O–H groups in total. The summed E-state index contributed by atoms with van der Waals surface area (Å²) in [5, 5.41) is 25.3. The van der Waals surface area contributed by atoms with E-state index in [1.165, 1.54) is 18.3 Å². The monoisotopic (exact) mass is 257 g/mol. The molecule has 2 aromatic carbocycles. The molecule has 0 bridgehead atoms. The molecule has 2 aromatic rings. The fourth-order valence-corrected chi connectivity index (χ4v) is 1.44. The highest BCUT2D eigenvalue weighted by Gasteiger charge is 2.00. The highest BCUT2D eigenvalue weighted by molar-refractivity contribution is 5.81. The quantitative estimate of drug-likeness (QED) is 0.339. The SMILES string of the molecule is O=Nc1ccccc1N/N=C/c1ccc(O)c(O)c1. The van der Waals surface area contributed by atoms with Crippen LogP contribution in [0.15, 0.2) is 52.7 Å². The topological polar surface area (TPSA) is 94.3 Å². The fourth-order valence-electron chi connectivity index (χ4n) is 1.44. The molecule has 6 nitrogen and oxygen atoms in total. The summed E-state index contributed by atoms with van der Waals surface area (Å²) in [4.78, 5) is 10.5. The van der Waals surface area contributed by atoms with Gasteiger partial charge < -0.3 is 10.2 Å². The molecule has 0 heterocycles. The Morgan fingerprint density at radius 2 is 1.84 bits per heavy atom. The lowest BCUT2D eigenvalue weighted by Crippen LogP contribution is -1.90. The molecule has 0 aliphatic rings. The highest BCUT2D eigenvalue weighted by Crippen LogP contribution is 2.25. The van der Waals surface area contributed by atoms with Crippen molar-refractivity contribution in [2.24, 2.45) is 10.3 Å². The van der Waals surface area contributed by atoms with Gasteiger partial charge >= 0.3 is 0 Å². The molecule has 0 aliphatic carbocycles. The maximum atomic E-state index is 10.5. The summed E-state index contributed by atoms with van der Waals surface area (Å²) in [7, 11) is 0. The molecule has 6 heteroatoms. The summed E-state index contributed by atoms with van der Waals surface area (Å²) in [6, 6.07) is 11.0. The molecule has 0 atom stereocenters. The van der Waals surface area contributed by atoms with Crippen LogP contribution < -0.4 is 5.43 Å².